The Labute approximate surface area is 156 Å². The molecule has 8 heteroatoms. The molecule has 3 heterocycles. The molecular weight excluding hydrogens is 346 g/mol. The van der Waals surface area contributed by atoms with Crippen LogP contribution in [-0.4, -0.2) is 46.8 Å². The van der Waals surface area contributed by atoms with Crippen molar-refractivity contribution in [2.24, 2.45) is 0 Å². The Balaban J connectivity index is 1.64. The number of hydrogen-bond acceptors (Lipinski definition) is 5. The minimum absolute atomic E-state index is 0.127. The lowest BCUT2D eigenvalue weighted by molar-refractivity contribution is 0.0950. The van der Waals surface area contributed by atoms with Gasteiger partial charge in [-0.3, -0.25) is 9.89 Å². The van der Waals surface area contributed by atoms with E-state index in [9.17, 15) is 4.79 Å². The van der Waals surface area contributed by atoms with Crippen molar-refractivity contribution in [1.82, 2.24) is 25.5 Å². The van der Waals surface area contributed by atoms with E-state index in [-0.39, 0.29) is 11.8 Å². The molecule has 140 valence electrons. The summed E-state index contributed by atoms with van der Waals surface area (Å²) in [4.78, 5) is 20.3. The van der Waals surface area contributed by atoms with Gasteiger partial charge in [0, 0.05) is 25.3 Å². The summed E-state index contributed by atoms with van der Waals surface area (Å²) in [7, 11) is 3.27. The second kappa shape index (κ2) is 7.24. The average Bonchev–Trinajstić information content (AvgIpc) is 3.29. The quantitative estimate of drug-likeness (QED) is 0.640. The third-order valence-electron chi connectivity index (χ3n) is 4.69. The van der Waals surface area contributed by atoms with E-state index in [1.807, 2.05) is 30.3 Å². The summed E-state index contributed by atoms with van der Waals surface area (Å²) in [5.41, 5.74) is 3.84. The number of aromatic amines is 2. The number of nitrogens with zero attached hydrogens (tertiary/aromatic N) is 2. The molecule has 0 aliphatic carbocycles. The fraction of sp³-hybridized carbons (Fsp3) is 0.316. The second-order valence-corrected chi connectivity index (χ2v) is 6.51. The van der Waals surface area contributed by atoms with E-state index in [2.05, 4.69) is 25.5 Å². The molecule has 3 aromatic rings. The highest BCUT2D eigenvalue weighted by molar-refractivity contribution is 5.94. The first-order valence-corrected chi connectivity index (χ1v) is 8.72. The summed E-state index contributed by atoms with van der Waals surface area (Å²) in [5.74, 6) is 1.32. The molecule has 2 aromatic heterocycles. The van der Waals surface area contributed by atoms with Crippen LogP contribution < -0.4 is 10.1 Å². The molecule has 0 bridgehead atoms. The van der Waals surface area contributed by atoms with Gasteiger partial charge in [-0.25, -0.2) is 4.98 Å². The Morgan fingerprint density at radius 3 is 2.96 bits per heavy atom. The molecule has 4 rings (SSSR count). The predicted molar refractivity (Wildman–Crippen MR) is 98.7 cm³/mol. The maximum atomic E-state index is 12.5. The van der Waals surface area contributed by atoms with Crippen molar-refractivity contribution in [1.29, 1.82) is 0 Å². The number of carbonyl (C=O) groups excluding carboxylic acids is 1. The topological polar surface area (TPSA) is 105 Å². The van der Waals surface area contributed by atoms with Gasteiger partial charge in [0.15, 0.2) is 5.82 Å². The summed E-state index contributed by atoms with van der Waals surface area (Å²) >= 11 is 0. The number of amides is 1. The lowest BCUT2D eigenvalue weighted by Crippen LogP contribution is -2.26. The van der Waals surface area contributed by atoms with E-state index < -0.39 is 0 Å². The monoisotopic (exact) mass is 367 g/mol. The number of fused-ring (bicyclic) bond motifs is 1. The highest BCUT2D eigenvalue weighted by Crippen LogP contribution is 2.28. The van der Waals surface area contributed by atoms with Gasteiger partial charge in [0.1, 0.15) is 17.1 Å². The van der Waals surface area contributed by atoms with Crippen LogP contribution in [0.5, 0.6) is 5.75 Å². The fourth-order valence-corrected chi connectivity index (χ4v) is 3.33. The molecular formula is C19H21N5O3. The van der Waals surface area contributed by atoms with Gasteiger partial charge in [-0.1, -0.05) is 12.1 Å². The number of aromatic nitrogens is 4. The summed E-state index contributed by atoms with van der Waals surface area (Å²) in [5, 5.41) is 10.1. The number of ether oxygens (including phenoxy) is 2. The molecule has 8 nitrogen and oxygen atoms in total. The molecule has 0 saturated heterocycles. The van der Waals surface area contributed by atoms with E-state index in [1.165, 1.54) is 0 Å². The number of nitrogens with one attached hydrogen (secondary N) is 3. The van der Waals surface area contributed by atoms with Crippen LogP contribution in [0.2, 0.25) is 0 Å². The summed E-state index contributed by atoms with van der Waals surface area (Å²) in [6, 6.07) is 9.78. The van der Waals surface area contributed by atoms with Gasteiger partial charge < -0.3 is 19.8 Å². The lowest BCUT2D eigenvalue weighted by atomic mass is 9.94. The first-order valence-electron chi connectivity index (χ1n) is 8.72. The van der Waals surface area contributed by atoms with Crippen molar-refractivity contribution in [2.75, 3.05) is 20.8 Å². The SMILES string of the molecule is COCc1cc(-c2nc3c([nH]2)CC(c2cccc(OC)c2)CNC3=O)n[nH]1. The molecule has 3 N–H and O–H groups in total. The number of rotatable bonds is 5. The van der Waals surface area contributed by atoms with Crippen molar-refractivity contribution in [3.05, 3.63) is 53.0 Å². The molecule has 0 radical (unpaired) electrons. The van der Waals surface area contributed by atoms with Crippen LogP contribution in [0.25, 0.3) is 11.5 Å². The molecule has 0 saturated carbocycles. The summed E-state index contributed by atoms with van der Waals surface area (Å²) < 4.78 is 10.4. The van der Waals surface area contributed by atoms with Crippen LogP contribution in [0.4, 0.5) is 0 Å². The van der Waals surface area contributed by atoms with E-state index >= 15 is 0 Å². The smallest absolute Gasteiger partial charge is 0.271 e. The second-order valence-electron chi connectivity index (χ2n) is 6.51. The number of imidazole rings is 1. The predicted octanol–water partition coefficient (Wildman–Crippen LogP) is 2.02. The van der Waals surface area contributed by atoms with Crippen molar-refractivity contribution in [2.45, 2.75) is 18.9 Å². The van der Waals surface area contributed by atoms with Gasteiger partial charge in [0.05, 0.1) is 19.4 Å². The zero-order valence-corrected chi connectivity index (χ0v) is 15.2. The van der Waals surface area contributed by atoms with E-state index in [0.717, 1.165) is 22.7 Å². The number of hydrogen-bond donors (Lipinski definition) is 3. The lowest BCUT2D eigenvalue weighted by Gasteiger charge is -2.15. The van der Waals surface area contributed by atoms with Gasteiger partial charge >= 0.3 is 0 Å². The molecule has 1 unspecified atom stereocenters. The summed E-state index contributed by atoms with van der Waals surface area (Å²) in [6.45, 7) is 0.984. The maximum absolute atomic E-state index is 12.5. The minimum atomic E-state index is -0.175. The maximum Gasteiger partial charge on any atom is 0.271 e. The Morgan fingerprint density at radius 2 is 2.15 bits per heavy atom. The highest BCUT2D eigenvalue weighted by Gasteiger charge is 2.27. The van der Waals surface area contributed by atoms with Crippen LogP contribution in [-0.2, 0) is 17.8 Å². The van der Waals surface area contributed by atoms with Crippen molar-refractivity contribution in [3.8, 4) is 17.3 Å². The molecule has 1 aliphatic rings. The molecule has 1 amide bonds. The third-order valence-corrected chi connectivity index (χ3v) is 4.69. The van der Waals surface area contributed by atoms with Crippen LogP contribution in [0.15, 0.2) is 30.3 Å². The van der Waals surface area contributed by atoms with E-state index in [4.69, 9.17) is 9.47 Å². The van der Waals surface area contributed by atoms with Crippen LogP contribution >= 0.6 is 0 Å². The van der Waals surface area contributed by atoms with E-state index in [1.54, 1.807) is 14.2 Å². The number of methoxy groups -OCH3 is 2. The van der Waals surface area contributed by atoms with Crippen LogP contribution in [0.3, 0.4) is 0 Å². The van der Waals surface area contributed by atoms with Crippen molar-refractivity contribution in [3.63, 3.8) is 0 Å². The van der Waals surface area contributed by atoms with Gasteiger partial charge in [0.25, 0.3) is 5.91 Å². The van der Waals surface area contributed by atoms with Gasteiger partial charge in [-0.15, -0.1) is 0 Å². The van der Waals surface area contributed by atoms with Crippen LogP contribution in [0, 0.1) is 0 Å². The molecule has 0 spiro atoms. The Kier molecular flexibility index (Phi) is 4.64. The van der Waals surface area contributed by atoms with Gasteiger partial charge in [-0.2, -0.15) is 5.10 Å². The van der Waals surface area contributed by atoms with E-state index in [0.29, 0.717) is 36.8 Å². The Hall–Kier alpha value is -3.13. The molecule has 1 atom stereocenters. The van der Waals surface area contributed by atoms with Crippen molar-refractivity contribution < 1.29 is 14.3 Å². The first kappa shape index (κ1) is 17.3. The Bertz CT molecular complexity index is 962. The van der Waals surface area contributed by atoms with Gasteiger partial charge in [-0.05, 0) is 30.2 Å². The third kappa shape index (κ3) is 3.43. The fourth-order valence-electron chi connectivity index (χ4n) is 3.33. The largest absolute Gasteiger partial charge is 0.497 e. The molecule has 0 fully saturated rings. The van der Waals surface area contributed by atoms with Crippen molar-refractivity contribution >= 4 is 5.91 Å². The Morgan fingerprint density at radius 1 is 1.26 bits per heavy atom. The minimum Gasteiger partial charge on any atom is -0.497 e. The standard InChI is InChI=1S/C19H21N5O3/c1-26-10-13-8-16(24-23-13)18-21-15-7-12(9-20-19(25)17(15)22-18)11-4-3-5-14(6-11)27-2/h3-6,8,12H,7,9-10H2,1-2H3,(H,20,25)(H,21,22)(H,23,24). The van der Waals surface area contributed by atoms with Crippen LogP contribution in [0.1, 0.15) is 33.4 Å². The number of H-pyrrole nitrogens is 2. The molecule has 27 heavy (non-hydrogen) atoms. The zero-order chi connectivity index (χ0) is 18.8. The van der Waals surface area contributed by atoms with Gasteiger partial charge in [0.2, 0.25) is 0 Å². The number of carbonyl (C=O) groups is 1. The zero-order valence-electron chi connectivity index (χ0n) is 15.2. The summed E-state index contributed by atoms with van der Waals surface area (Å²) in [6.07, 6.45) is 0.670. The number of benzene rings is 1. The first-order chi connectivity index (χ1) is 13.2. The average molecular weight is 367 g/mol. The molecule has 1 aliphatic heterocycles. The normalized spacial score (nSPS) is 16.5. The highest BCUT2D eigenvalue weighted by atomic mass is 16.5. The molecule has 1 aromatic carbocycles.